The van der Waals surface area contributed by atoms with Gasteiger partial charge < -0.3 is 15.0 Å². The van der Waals surface area contributed by atoms with Crippen LogP contribution in [0.25, 0.3) is 0 Å². The van der Waals surface area contributed by atoms with E-state index >= 15 is 0 Å². The molecule has 1 aromatic heterocycles. The number of aromatic nitrogens is 1. The molecule has 0 saturated heterocycles. The number of hydrogen-bond acceptors (Lipinski definition) is 5. The summed E-state index contributed by atoms with van der Waals surface area (Å²) >= 11 is 0. The highest BCUT2D eigenvalue weighted by Crippen LogP contribution is 2.34. The number of nitrogens with one attached hydrogen (secondary N) is 1. The molecule has 24 heavy (non-hydrogen) atoms. The van der Waals surface area contributed by atoms with Gasteiger partial charge in [-0.2, -0.15) is 0 Å². The van der Waals surface area contributed by atoms with Crippen molar-refractivity contribution in [1.82, 2.24) is 4.98 Å². The number of nitrogens with zero attached hydrogens (tertiary/aromatic N) is 2. The van der Waals surface area contributed by atoms with Gasteiger partial charge in [-0.1, -0.05) is 12.1 Å². The number of ether oxygens (including phenoxy) is 1. The minimum absolute atomic E-state index is 0.0568. The number of benzene rings is 1. The number of fused-ring (bicyclic) bond motifs is 1. The Morgan fingerprint density at radius 3 is 2.79 bits per heavy atom. The zero-order valence-corrected chi connectivity index (χ0v) is 13.7. The van der Waals surface area contributed by atoms with Crippen LogP contribution in [0.3, 0.4) is 0 Å². The molecule has 1 amide bonds. The number of carbonyl (C=O) groups excluding carboxylic acids is 2. The summed E-state index contributed by atoms with van der Waals surface area (Å²) in [7, 11) is 0. The molecular formula is C18H19N3O3. The van der Waals surface area contributed by atoms with Crippen LogP contribution in [0.15, 0.2) is 48.8 Å². The molecule has 0 radical (unpaired) electrons. The van der Waals surface area contributed by atoms with Crippen LogP contribution in [0.2, 0.25) is 0 Å². The van der Waals surface area contributed by atoms with Crippen LogP contribution in [0.1, 0.15) is 24.2 Å². The lowest BCUT2D eigenvalue weighted by molar-refractivity contribution is -0.122. The fourth-order valence-corrected chi connectivity index (χ4v) is 2.67. The highest BCUT2D eigenvalue weighted by molar-refractivity contribution is 6.07. The van der Waals surface area contributed by atoms with Gasteiger partial charge in [-0.15, -0.1) is 0 Å². The summed E-state index contributed by atoms with van der Waals surface area (Å²) in [6.07, 6.45) is 3.05. The SMILES string of the molecule is CC1(C)Nc2ccccc2N(CCOC(=O)c2cccnc2)C1=O. The van der Waals surface area contributed by atoms with Crippen LogP contribution in [0.5, 0.6) is 0 Å². The lowest BCUT2D eigenvalue weighted by Crippen LogP contribution is -2.54. The van der Waals surface area contributed by atoms with Gasteiger partial charge in [0.1, 0.15) is 12.1 Å². The second-order valence-electron chi connectivity index (χ2n) is 6.10. The van der Waals surface area contributed by atoms with Gasteiger partial charge in [0.25, 0.3) is 5.91 Å². The monoisotopic (exact) mass is 325 g/mol. The summed E-state index contributed by atoms with van der Waals surface area (Å²) in [4.78, 5) is 30.2. The Bertz CT molecular complexity index is 759. The summed E-state index contributed by atoms with van der Waals surface area (Å²) in [6, 6.07) is 10.9. The average molecular weight is 325 g/mol. The number of carbonyl (C=O) groups is 2. The van der Waals surface area contributed by atoms with E-state index in [4.69, 9.17) is 4.74 Å². The molecule has 2 aromatic rings. The average Bonchev–Trinajstić information content (AvgIpc) is 2.58. The Morgan fingerprint density at radius 2 is 2.04 bits per heavy atom. The normalized spacial score (nSPS) is 15.4. The van der Waals surface area contributed by atoms with E-state index in [9.17, 15) is 9.59 Å². The topological polar surface area (TPSA) is 71.5 Å². The second kappa shape index (κ2) is 6.31. The first-order chi connectivity index (χ1) is 11.5. The molecule has 0 unspecified atom stereocenters. The van der Waals surface area contributed by atoms with E-state index in [1.165, 1.54) is 6.20 Å². The minimum Gasteiger partial charge on any atom is -0.460 e. The largest absolute Gasteiger partial charge is 0.460 e. The van der Waals surface area contributed by atoms with Crippen molar-refractivity contribution in [2.75, 3.05) is 23.4 Å². The third-order valence-corrected chi connectivity index (χ3v) is 3.87. The number of hydrogen-bond donors (Lipinski definition) is 1. The van der Waals surface area contributed by atoms with Crippen molar-refractivity contribution < 1.29 is 14.3 Å². The van der Waals surface area contributed by atoms with E-state index in [0.29, 0.717) is 12.1 Å². The third kappa shape index (κ3) is 3.08. The number of anilines is 2. The molecule has 0 spiro atoms. The Kier molecular flexibility index (Phi) is 4.20. The second-order valence-corrected chi connectivity index (χ2v) is 6.10. The summed E-state index contributed by atoms with van der Waals surface area (Å²) in [5.74, 6) is -0.503. The maximum absolute atomic E-state index is 12.7. The van der Waals surface area contributed by atoms with Gasteiger partial charge in [0, 0.05) is 12.4 Å². The maximum atomic E-state index is 12.7. The molecule has 1 aromatic carbocycles. The number of esters is 1. The zero-order valence-electron chi connectivity index (χ0n) is 13.7. The fraction of sp³-hybridized carbons (Fsp3) is 0.278. The first-order valence-electron chi connectivity index (χ1n) is 7.75. The third-order valence-electron chi connectivity index (χ3n) is 3.87. The van der Waals surface area contributed by atoms with Crippen molar-refractivity contribution in [1.29, 1.82) is 0 Å². The highest BCUT2D eigenvalue weighted by atomic mass is 16.5. The van der Waals surface area contributed by atoms with Gasteiger partial charge in [-0.3, -0.25) is 9.78 Å². The van der Waals surface area contributed by atoms with Crippen LogP contribution in [-0.2, 0) is 9.53 Å². The molecule has 2 heterocycles. The van der Waals surface area contributed by atoms with Gasteiger partial charge in [0.2, 0.25) is 0 Å². The Balaban J connectivity index is 1.70. The number of pyridine rings is 1. The van der Waals surface area contributed by atoms with Crippen molar-refractivity contribution in [3.8, 4) is 0 Å². The molecule has 0 fully saturated rings. The van der Waals surface area contributed by atoms with E-state index < -0.39 is 11.5 Å². The Hall–Kier alpha value is -2.89. The van der Waals surface area contributed by atoms with Crippen molar-refractivity contribution in [3.05, 3.63) is 54.4 Å². The smallest absolute Gasteiger partial charge is 0.339 e. The minimum atomic E-state index is -0.707. The van der Waals surface area contributed by atoms with E-state index in [1.54, 1.807) is 23.2 Å². The first kappa shape index (κ1) is 16.0. The summed E-state index contributed by atoms with van der Waals surface area (Å²) < 4.78 is 5.27. The van der Waals surface area contributed by atoms with Crippen LogP contribution >= 0.6 is 0 Å². The fourth-order valence-electron chi connectivity index (χ4n) is 2.67. The van der Waals surface area contributed by atoms with Crippen molar-refractivity contribution in [2.45, 2.75) is 19.4 Å². The van der Waals surface area contributed by atoms with Crippen LogP contribution < -0.4 is 10.2 Å². The molecule has 0 saturated carbocycles. The number of amides is 1. The van der Waals surface area contributed by atoms with E-state index in [0.717, 1.165) is 11.4 Å². The maximum Gasteiger partial charge on any atom is 0.339 e. The summed E-state index contributed by atoms with van der Waals surface area (Å²) in [5.41, 5.74) is 1.37. The lowest BCUT2D eigenvalue weighted by atomic mass is 9.98. The predicted molar refractivity (Wildman–Crippen MR) is 91.0 cm³/mol. The van der Waals surface area contributed by atoms with Crippen molar-refractivity contribution in [3.63, 3.8) is 0 Å². The predicted octanol–water partition coefficient (Wildman–Crippen LogP) is 2.48. The standard InChI is InChI=1S/C18H19N3O3/c1-18(2)17(23)21(15-8-4-3-7-14(15)20-18)10-11-24-16(22)13-6-5-9-19-12-13/h3-9,12,20H,10-11H2,1-2H3. The molecule has 6 heteroatoms. The van der Waals surface area contributed by atoms with Crippen molar-refractivity contribution in [2.24, 2.45) is 0 Å². The van der Waals surface area contributed by atoms with Gasteiger partial charge >= 0.3 is 5.97 Å². The van der Waals surface area contributed by atoms with E-state index in [-0.39, 0.29) is 12.5 Å². The van der Waals surface area contributed by atoms with E-state index in [2.05, 4.69) is 10.3 Å². The number of para-hydroxylation sites is 2. The molecule has 6 nitrogen and oxygen atoms in total. The highest BCUT2D eigenvalue weighted by Gasteiger charge is 2.38. The van der Waals surface area contributed by atoms with Crippen LogP contribution in [0, 0.1) is 0 Å². The zero-order chi connectivity index (χ0) is 17.2. The first-order valence-corrected chi connectivity index (χ1v) is 7.75. The Labute approximate surface area is 140 Å². The molecule has 0 bridgehead atoms. The molecule has 1 N–H and O–H groups in total. The Morgan fingerprint density at radius 1 is 1.25 bits per heavy atom. The molecule has 124 valence electrons. The van der Waals surface area contributed by atoms with Crippen LogP contribution in [-0.4, -0.2) is 35.6 Å². The van der Waals surface area contributed by atoms with Gasteiger partial charge in [-0.05, 0) is 38.1 Å². The van der Waals surface area contributed by atoms with Gasteiger partial charge in [0.15, 0.2) is 0 Å². The molecule has 0 aliphatic carbocycles. The van der Waals surface area contributed by atoms with Crippen molar-refractivity contribution >= 4 is 23.3 Å². The van der Waals surface area contributed by atoms with Gasteiger partial charge in [-0.25, -0.2) is 4.79 Å². The molecule has 1 aliphatic heterocycles. The lowest BCUT2D eigenvalue weighted by Gasteiger charge is -2.39. The van der Waals surface area contributed by atoms with E-state index in [1.807, 2.05) is 38.1 Å². The number of rotatable bonds is 4. The van der Waals surface area contributed by atoms with Crippen LogP contribution in [0.4, 0.5) is 11.4 Å². The summed E-state index contributed by atoms with van der Waals surface area (Å²) in [6.45, 7) is 4.08. The summed E-state index contributed by atoms with van der Waals surface area (Å²) in [5, 5.41) is 3.23. The molecular weight excluding hydrogens is 306 g/mol. The molecule has 1 aliphatic rings. The van der Waals surface area contributed by atoms with Gasteiger partial charge in [0.05, 0.1) is 23.5 Å². The molecule has 0 atom stereocenters. The quantitative estimate of drug-likeness (QED) is 0.875. The molecule has 3 rings (SSSR count).